The summed E-state index contributed by atoms with van der Waals surface area (Å²) in [4.78, 5) is 27.7. The van der Waals surface area contributed by atoms with E-state index in [4.69, 9.17) is 9.47 Å². The van der Waals surface area contributed by atoms with Gasteiger partial charge in [0.15, 0.2) is 0 Å². The fraction of sp³-hybridized carbons (Fsp3) is 0.409. The summed E-state index contributed by atoms with van der Waals surface area (Å²) < 4.78 is 12.7. The molecule has 0 aromatic heterocycles. The van der Waals surface area contributed by atoms with Crippen LogP contribution in [0.2, 0.25) is 0 Å². The van der Waals surface area contributed by atoms with Crippen molar-refractivity contribution < 1.29 is 29.3 Å². The molecule has 4 aromatic rings. The van der Waals surface area contributed by atoms with Gasteiger partial charge in [-0.1, -0.05) is 73.5 Å². The molecule has 0 bridgehead atoms. The van der Waals surface area contributed by atoms with Gasteiger partial charge >= 0.3 is 11.9 Å². The highest BCUT2D eigenvalue weighted by Crippen LogP contribution is 2.32. The zero-order valence-electron chi connectivity index (χ0n) is 31.0. The van der Waals surface area contributed by atoms with Crippen molar-refractivity contribution in [2.45, 2.75) is 105 Å². The van der Waals surface area contributed by atoms with Gasteiger partial charge in [-0.3, -0.25) is 19.4 Å². The van der Waals surface area contributed by atoms with E-state index in [2.05, 4.69) is 84.3 Å². The maximum Gasteiger partial charge on any atom is 0.320 e. The van der Waals surface area contributed by atoms with E-state index < -0.39 is 24.0 Å². The highest BCUT2D eigenvalue weighted by Gasteiger charge is 2.29. The van der Waals surface area contributed by atoms with Crippen molar-refractivity contribution in [3.8, 4) is 22.6 Å². The van der Waals surface area contributed by atoms with Crippen molar-refractivity contribution in [3.05, 3.63) is 117 Å². The molecular formula is C44H52N2O6. The minimum Gasteiger partial charge on any atom is -0.489 e. The number of carboxylic acid groups (broad SMARTS) is 2. The molecule has 6 rings (SSSR count). The highest BCUT2D eigenvalue weighted by atomic mass is 16.5. The minimum atomic E-state index is -0.732. The maximum absolute atomic E-state index is 11.8. The molecule has 2 fully saturated rings. The number of ether oxygens (including phenoxy) is 2. The van der Waals surface area contributed by atoms with Crippen LogP contribution in [-0.4, -0.2) is 57.1 Å². The molecular weight excluding hydrogens is 652 g/mol. The van der Waals surface area contributed by atoms with Crippen LogP contribution in [0, 0.1) is 27.7 Å². The van der Waals surface area contributed by atoms with Gasteiger partial charge in [0.25, 0.3) is 0 Å². The number of rotatable bonds is 13. The predicted molar refractivity (Wildman–Crippen MR) is 204 cm³/mol. The Morgan fingerprint density at radius 3 is 1.42 bits per heavy atom. The number of hydrogen-bond acceptors (Lipinski definition) is 6. The Hall–Kier alpha value is -4.66. The van der Waals surface area contributed by atoms with E-state index in [1.165, 1.54) is 22.3 Å². The first-order valence-corrected chi connectivity index (χ1v) is 18.6. The molecule has 0 saturated carbocycles. The molecule has 0 aliphatic carbocycles. The quantitative estimate of drug-likeness (QED) is 0.143. The van der Waals surface area contributed by atoms with Gasteiger partial charge in [-0.05, 0) is 134 Å². The van der Waals surface area contributed by atoms with Crippen LogP contribution < -0.4 is 9.47 Å². The number of benzene rings is 4. The molecule has 0 unspecified atom stereocenters. The second-order valence-electron chi connectivity index (χ2n) is 14.6. The van der Waals surface area contributed by atoms with Crippen LogP contribution >= 0.6 is 0 Å². The monoisotopic (exact) mass is 704 g/mol. The van der Waals surface area contributed by atoms with Crippen molar-refractivity contribution >= 4 is 11.9 Å². The molecule has 8 heteroatoms. The molecule has 52 heavy (non-hydrogen) atoms. The Kier molecular flexibility index (Phi) is 12.0. The first-order chi connectivity index (χ1) is 25.1. The Labute approximate surface area is 308 Å². The molecule has 274 valence electrons. The average molecular weight is 705 g/mol. The Morgan fingerprint density at radius 1 is 0.615 bits per heavy atom. The van der Waals surface area contributed by atoms with Gasteiger partial charge in [0.05, 0.1) is 0 Å². The first-order valence-electron chi connectivity index (χ1n) is 18.6. The summed E-state index contributed by atoms with van der Waals surface area (Å²) in [5.74, 6) is 0.196. The van der Waals surface area contributed by atoms with Crippen molar-refractivity contribution in [1.29, 1.82) is 0 Å². The zero-order valence-corrected chi connectivity index (χ0v) is 31.0. The van der Waals surface area contributed by atoms with Gasteiger partial charge in [0.2, 0.25) is 0 Å². The number of nitrogens with zero attached hydrogens (tertiary/aromatic N) is 2. The van der Waals surface area contributed by atoms with E-state index in [1.807, 2.05) is 26.0 Å². The lowest BCUT2D eigenvalue weighted by atomic mass is 9.92. The van der Waals surface area contributed by atoms with Crippen molar-refractivity contribution in [1.82, 2.24) is 9.80 Å². The number of aryl methyl sites for hydroxylation is 2. The molecule has 2 N–H and O–H groups in total. The molecule has 2 heterocycles. The molecule has 0 radical (unpaired) electrons. The predicted octanol–water partition coefficient (Wildman–Crippen LogP) is 8.62. The van der Waals surface area contributed by atoms with E-state index in [0.717, 1.165) is 83.7 Å². The van der Waals surface area contributed by atoms with Gasteiger partial charge in [-0.25, -0.2) is 0 Å². The molecule has 4 aromatic carbocycles. The third kappa shape index (κ3) is 8.68. The molecule has 0 amide bonds. The summed E-state index contributed by atoms with van der Waals surface area (Å²) in [6.45, 7) is 12.2. The largest absolute Gasteiger partial charge is 0.489 e. The summed E-state index contributed by atoms with van der Waals surface area (Å²) in [5.41, 5.74) is 11.2. The van der Waals surface area contributed by atoms with Gasteiger partial charge in [-0.15, -0.1) is 0 Å². The highest BCUT2D eigenvalue weighted by molar-refractivity contribution is 5.74. The topological polar surface area (TPSA) is 99.5 Å². The van der Waals surface area contributed by atoms with E-state index in [1.54, 1.807) is 0 Å². The Morgan fingerprint density at radius 2 is 1.04 bits per heavy atom. The maximum atomic E-state index is 11.8. The summed E-state index contributed by atoms with van der Waals surface area (Å²) in [6.07, 6.45) is 5.42. The SMILES string of the molecule is Cc1cc(CN2CCCC[C@H]2C(=O)O)ccc1OCc1cccc(-c2cccc(COc3ccc(CN4CCCC[C@H]4C(=O)O)cc3C)c2C)c1C. The Balaban J connectivity index is 1.09. The van der Waals surface area contributed by atoms with Crippen LogP contribution in [0.5, 0.6) is 11.5 Å². The fourth-order valence-electron chi connectivity index (χ4n) is 7.91. The van der Waals surface area contributed by atoms with Crippen LogP contribution in [0.1, 0.15) is 83.0 Å². The van der Waals surface area contributed by atoms with E-state index in [-0.39, 0.29) is 0 Å². The standard InChI is InChI=1S/C44H52N2O6/c1-29-23-33(25-45-21-7-5-15-39(45)43(47)48)17-19-41(29)51-27-35-11-9-13-37(31(35)3)38-14-10-12-36(32(38)4)28-52-42-20-18-34(24-30(42)2)26-46-22-8-6-16-40(46)44(49)50/h9-14,17-20,23-24,39-40H,5-8,15-16,21-22,25-28H2,1-4H3,(H,47,48)(H,49,50)/t39-,40-/m0/s1. The molecule has 2 saturated heterocycles. The minimum absolute atomic E-state index is 0.411. The Bertz CT molecular complexity index is 1770. The van der Waals surface area contributed by atoms with Crippen molar-refractivity contribution in [3.63, 3.8) is 0 Å². The van der Waals surface area contributed by atoms with Gasteiger partial charge in [0.1, 0.15) is 36.8 Å². The molecule has 8 nitrogen and oxygen atoms in total. The second kappa shape index (κ2) is 16.8. The lowest BCUT2D eigenvalue weighted by molar-refractivity contribution is -0.145. The first kappa shape index (κ1) is 37.1. The van der Waals surface area contributed by atoms with Crippen LogP contribution in [-0.2, 0) is 35.9 Å². The smallest absolute Gasteiger partial charge is 0.320 e. The number of carboxylic acids is 2. The third-order valence-corrected chi connectivity index (χ3v) is 11.0. The van der Waals surface area contributed by atoms with E-state index in [0.29, 0.717) is 39.1 Å². The van der Waals surface area contributed by atoms with Crippen molar-refractivity contribution in [2.75, 3.05) is 13.1 Å². The molecule has 2 aliphatic heterocycles. The zero-order chi connectivity index (χ0) is 36.8. The van der Waals surface area contributed by atoms with Crippen LogP contribution in [0.25, 0.3) is 11.1 Å². The summed E-state index contributed by atoms with van der Waals surface area (Å²) >= 11 is 0. The summed E-state index contributed by atoms with van der Waals surface area (Å²) in [6, 6.07) is 24.3. The van der Waals surface area contributed by atoms with Crippen molar-refractivity contribution in [2.24, 2.45) is 0 Å². The van der Waals surface area contributed by atoms with Crippen LogP contribution in [0.4, 0.5) is 0 Å². The summed E-state index contributed by atoms with van der Waals surface area (Å²) in [5, 5.41) is 19.3. The lowest BCUT2D eigenvalue weighted by Crippen LogP contribution is -2.44. The number of carbonyl (C=O) groups is 2. The van der Waals surface area contributed by atoms with Gasteiger partial charge in [0, 0.05) is 13.1 Å². The normalized spacial score (nSPS) is 18.2. The average Bonchev–Trinajstić information content (AvgIpc) is 3.12. The number of piperidine rings is 2. The number of aliphatic carboxylic acids is 2. The lowest BCUT2D eigenvalue weighted by Gasteiger charge is -2.33. The van der Waals surface area contributed by atoms with Gasteiger partial charge < -0.3 is 19.7 Å². The number of hydrogen-bond donors (Lipinski definition) is 2. The van der Waals surface area contributed by atoms with Crippen LogP contribution in [0.3, 0.4) is 0 Å². The molecule has 2 atom stereocenters. The van der Waals surface area contributed by atoms with E-state index in [9.17, 15) is 19.8 Å². The fourth-order valence-corrected chi connectivity index (χ4v) is 7.91. The van der Waals surface area contributed by atoms with Crippen LogP contribution in [0.15, 0.2) is 72.8 Å². The summed E-state index contributed by atoms with van der Waals surface area (Å²) in [7, 11) is 0. The van der Waals surface area contributed by atoms with Gasteiger partial charge in [-0.2, -0.15) is 0 Å². The third-order valence-electron chi connectivity index (χ3n) is 11.0. The number of likely N-dealkylation sites (tertiary alicyclic amines) is 2. The van der Waals surface area contributed by atoms with E-state index >= 15 is 0 Å². The molecule has 2 aliphatic rings. The second-order valence-corrected chi connectivity index (χ2v) is 14.6. The molecule has 0 spiro atoms.